The van der Waals surface area contributed by atoms with E-state index in [9.17, 15) is 17.6 Å². The topological polar surface area (TPSA) is 58.9 Å². The molecule has 0 aliphatic heterocycles. The van der Waals surface area contributed by atoms with Crippen LogP contribution in [-0.4, -0.2) is 23.9 Å². The third-order valence-electron chi connectivity index (χ3n) is 2.73. The highest BCUT2D eigenvalue weighted by atomic mass is 19.2. The lowest BCUT2D eigenvalue weighted by Gasteiger charge is -2.06. The van der Waals surface area contributed by atoms with E-state index in [1.165, 1.54) is 13.2 Å². The Kier molecular flexibility index (Phi) is 7.16. The quantitative estimate of drug-likeness (QED) is 0.816. The average molecular weight is 348 g/mol. The molecule has 8 heteroatoms. The molecular formula is C16H16F4O4. The van der Waals surface area contributed by atoms with Gasteiger partial charge in [0, 0.05) is 0 Å². The van der Waals surface area contributed by atoms with E-state index in [2.05, 4.69) is 4.74 Å². The predicted octanol–water partition coefficient (Wildman–Crippen LogP) is 4.14. The van der Waals surface area contributed by atoms with Crippen LogP contribution in [0.25, 0.3) is 0 Å². The Morgan fingerprint density at radius 1 is 0.792 bits per heavy atom. The van der Waals surface area contributed by atoms with Gasteiger partial charge in [0.15, 0.2) is 23.0 Å². The molecular weight excluding hydrogens is 332 g/mol. The van der Waals surface area contributed by atoms with Crippen LogP contribution in [0.2, 0.25) is 0 Å². The van der Waals surface area contributed by atoms with Gasteiger partial charge in [0.2, 0.25) is 23.3 Å². The number of halogens is 4. The highest BCUT2D eigenvalue weighted by molar-refractivity contribution is 5.34. The highest BCUT2D eigenvalue weighted by Crippen LogP contribution is 2.26. The lowest BCUT2D eigenvalue weighted by molar-refractivity contribution is 0.291. The van der Waals surface area contributed by atoms with E-state index in [-0.39, 0.29) is 11.5 Å². The monoisotopic (exact) mass is 348 g/mol. The zero-order valence-electron chi connectivity index (χ0n) is 12.9. The molecule has 0 atom stereocenters. The Morgan fingerprint density at radius 3 is 1.71 bits per heavy atom. The van der Waals surface area contributed by atoms with E-state index < -0.39 is 34.8 Å². The number of phenolic OH excluding ortho intramolecular Hbond substituents is 2. The van der Waals surface area contributed by atoms with Gasteiger partial charge in [-0.25, -0.2) is 0 Å². The average Bonchev–Trinajstić information content (AvgIpc) is 2.58. The number of phenols is 2. The number of rotatable bonds is 4. The van der Waals surface area contributed by atoms with Crippen LogP contribution in [0.3, 0.4) is 0 Å². The maximum Gasteiger partial charge on any atom is 0.204 e. The van der Waals surface area contributed by atoms with E-state index in [4.69, 9.17) is 14.9 Å². The molecule has 2 rings (SSSR count). The summed E-state index contributed by atoms with van der Waals surface area (Å²) >= 11 is 0. The van der Waals surface area contributed by atoms with Crippen molar-refractivity contribution in [2.75, 3.05) is 13.7 Å². The van der Waals surface area contributed by atoms with Crippen molar-refractivity contribution < 1.29 is 37.2 Å². The van der Waals surface area contributed by atoms with E-state index >= 15 is 0 Å². The van der Waals surface area contributed by atoms with Gasteiger partial charge in [0.25, 0.3) is 0 Å². The maximum atomic E-state index is 12.9. The molecule has 24 heavy (non-hydrogen) atoms. The van der Waals surface area contributed by atoms with Crippen molar-refractivity contribution in [1.82, 2.24) is 0 Å². The molecule has 132 valence electrons. The molecule has 0 aliphatic rings. The van der Waals surface area contributed by atoms with Crippen molar-refractivity contribution in [3.05, 3.63) is 47.5 Å². The summed E-state index contributed by atoms with van der Waals surface area (Å²) in [5.41, 5.74) is 0. The van der Waals surface area contributed by atoms with Gasteiger partial charge in [-0.05, 0) is 30.7 Å². The lowest BCUT2D eigenvalue weighted by Crippen LogP contribution is -1.99. The van der Waals surface area contributed by atoms with E-state index in [0.717, 1.165) is 18.2 Å². The summed E-state index contributed by atoms with van der Waals surface area (Å²) in [4.78, 5) is 0. The van der Waals surface area contributed by atoms with Crippen LogP contribution in [0.15, 0.2) is 24.3 Å². The molecule has 0 aliphatic carbocycles. The van der Waals surface area contributed by atoms with Gasteiger partial charge >= 0.3 is 0 Å². The molecule has 0 saturated carbocycles. The van der Waals surface area contributed by atoms with Gasteiger partial charge in [0.1, 0.15) is 0 Å². The Hall–Kier alpha value is -2.64. The molecule has 0 radical (unpaired) electrons. The predicted molar refractivity (Wildman–Crippen MR) is 78.4 cm³/mol. The number of methoxy groups -OCH3 is 1. The van der Waals surface area contributed by atoms with Gasteiger partial charge in [-0.1, -0.05) is 6.92 Å². The zero-order chi connectivity index (χ0) is 18.3. The van der Waals surface area contributed by atoms with Crippen LogP contribution in [0, 0.1) is 23.3 Å². The summed E-state index contributed by atoms with van der Waals surface area (Å²) in [5, 5.41) is 17.4. The van der Waals surface area contributed by atoms with Gasteiger partial charge < -0.3 is 19.7 Å². The van der Waals surface area contributed by atoms with Crippen molar-refractivity contribution in [3.63, 3.8) is 0 Å². The van der Waals surface area contributed by atoms with Crippen LogP contribution >= 0.6 is 0 Å². The Bertz CT molecular complexity index is 692. The fourth-order valence-electron chi connectivity index (χ4n) is 1.52. The molecule has 0 spiro atoms. The molecule has 2 N–H and O–H groups in total. The fourth-order valence-corrected chi connectivity index (χ4v) is 1.52. The molecule has 0 heterocycles. The number of hydrogen-bond donors (Lipinski definition) is 2. The smallest absolute Gasteiger partial charge is 0.204 e. The largest absolute Gasteiger partial charge is 0.505 e. The molecule has 0 aromatic heterocycles. The van der Waals surface area contributed by atoms with Crippen LogP contribution in [-0.2, 0) is 0 Å². The molecule has 0 amide bonds. The van der Waals surface area contributed by atoms with Crippen LogP contribution in [0.1, 0.15) is 13.3 Å². The third kappa shape index (κ3) is 4.68. The van der Waals surface area contributed by atoms with Crippen molar-refractivity contribution in [1.29, 1.82) is 0 Å². The second-order valence-corrected chi connectivity index (χ2v) is 4.47. The van der Waals surface area contributed by atoms with Gasteiger partial charge in [-0.15, -0.1) is 0 Å². The van der Waals surface area contributed by atoms with Crippen LogP contribution < -0.4 is 9.47 Å². The molecule has 2 aromatic carbocycles. The first kappa shape index (κ1) is 19.4. The van der Waals surface area contributed by atoms with Gasteiger partial charge in [-0.2, -0.15) is 17.6 Å². The molecule has 0 unspecified atom stereocenters. The summed E-state index contributed by atoms with van der Waals surface area (Å²) in [7, 11) is 1.22. The number of benzene rings is 2. The number of aromatic hydroxyl groups is 2. The zero-order valence-corrected chi connectivity index (χ0v) is 12.9. The van der Waals surface area contributed by atoms with Crippen molar-refractivity contribution >= 4 is 0 Å². The second-order valence-electron chi connectivity index (χ2n) is 4.47. The van der Waals surface area contributed by atoms with Gasteiger partial charge in [0.05, 0.1) is 13.7 Å². The van der Waals surface area contributed by atoms with Crippen molar-refractivity contribution in [2.24, 2.45) is 0 Å². The summed E-state index contributed by atoms with van der Waals surface area (Å²) in [6, 6.07) is 4.43. The Labute approximate surface area is 135 Å². The summed E-state index contributed by atoms with van der Waals surface area (Å²) in [6.07, 6.45) is 0.710. The first-order valence-corrected chi connectivity index (χ1v) is 6.84. The van der Waals surface area contributed by atoms with E-state index in [1.54, 1.807) is 0 Å². The Morgan fingerprint density at radius 2 is 1.25 bits per heavy atom. The number of hydrogen-bond acceptors (Lipinski definition) is 4. The Balaban J connectivity index is 0.000000243. The maximum absolute atomic E-state index is 12.9. The first-order chi connectivity index (χ1) is 11.3. The lowest BCUT2D eigenvalue weighted by atomic mass is 10.3. The van der Waals surface area contributed by atoms with Crippen molar-refractivity contribution in [2.45, 2.75) is 13.3 Å². The minimum atomic E-state index is -1.29. The second kappa shape index (κ2) is 8.85. The SMILES string of the molecule is CCCOc1ccc(O)c(F)c1F.COc1ccc(O)c(F)c1F. The van der Waals surface area contributed by atoms with Crippen LogP contribution in [0.4, 0.5) is 17.6 Å². The summed E-state index contributed by atoms with van der Waals surface area (Å²) in [5.74, 6) is -6.69. The molecule has 2 aromatic rings. The minimum Gasteiger partial charge on any atom is -0.505 e. The minimum absolute atomic E-state index is 0.169. The van der Waals surface area contributed by atoms with Gasteiger partial charge in [-0.3, -0.25) is 0 Å². The first-order valence-electron chi connectivity index (χ1n) is 6.84. The summed E-state index contributed by atoms with van der Waals surface area (Å²) < 4.78 is 60.1. The molecule has 4 nitrogen and oxygen atoms in total. The molecule has 0 saturated heterocycles. The normalized spacial score (nSPS) is 9.92. The highest BCUT2D eigenvalue weighted by Gasteiger charge is 2.13. The van der Waals surface area contributed by atoms with Crippen LogP contribution in [0.5, 0.6) is 23.0 Å². The fraction of sp³-hybridized carbons (Fsp3) is 0.250. The van der Waals surface area contributed by atoms with E-state index in [0.29, 0.717) is 13.0 Å². The standard InChI is InChI=1S/C9H10F2O2.C7H6F2O2/c1-2-5-13-7-4-3-6(12)8(10)9(7)11;1-11-5-3-2-4(10)6(8)7(5)9/h3-4,12H,2,5H2,1H3;2-3,10H,1H3. The molecule has 0 bridgehead atoms. The number of ether oxygens (including phenoxy) is 2. The molecule has 0 fully saturated rings. The third-order valence-corrected chi connectivity index (χ3v) is 2.73. The summed E-state index contributed by atoms with van der Waals surface area (Å²) in [6.45, 7) is 2.18. The van der Waals surface area contributed by atoms with E-state index in [1.807, 2.05) is 6.92 Å². The van der Waals surface area contributed by atoms with Crippen molar-refractivity contribution in [3.8, 4) is 23.0 Å².